The molecule has 5 rings (SSSR count). The van der Waals surface area contributed by atoms with Crippen LogP contribution in [0.2, 0.25) is 0 Å². The lowest BCUT2D eigenvalue weighted by atomic mass is 10.0. The number of ether oxygens (including phenoxy) is 2. The number of amides is 2. The number of aromatic nitrogens is 1. The lowest BCUT2D eigenvalue weighted by Gasteiger charge is -2.37. The van der Waals surface area contributed by atoms with Gasteiger partial charge in [0.25, 0.3) is 11.8 Å². The van der Waals surface area contributed by atoms with Gasteiger partial charge in [-0.05, 0) is 37.2 Å². The number of carbonyl (C=O) groups is 2. The number of morpholine rings is 2. The van der Waals surface area contributed by atoms with Crippen molar-refractivity contribution in [1.82, 2.24) is 14.8 Å². The number of hydrogen-bond donors (Lipinski definition) is 0. The Bertz CT molecular complexity index is 1160. The van der Waals surface area contributed by atoms with Crippen LogP contribution in [-0.4, -0.2) is 97.4 Å². The summed E-state index contributed by atoms with van der Waals surface area (Å²) in [5, 5.41) is 2.29. The summed E-state index contributed by atoms with van der Waals surface area (Å²) in [6.07, 6.45) is 5.28. The highest BCUT2D eigenvalue weighted by Gasteiger charge is 2.42. The first-order valence-corrected chi connectivity index (χ1v) is 16.2. The molecule has 5 heterocycles. The molecule has 2 amide bonds. The van der Waals surface area contributed by atoms with Gasteiger partial charge in [0.05, 0.1) is 36.3 Å². The van der Waals surface area contributed by atoms with Gasteiger partial charge in [0, 0.05) is 55.9 Å². The molecule has 0 aromatic carbocycles. The van der Waals surface area contributed by atoms with Gasteiger partial charge < -0.3 is 19.3 Å². The van der Waals surface area contributed by atoms with Gasteiger partial charge in [0.15, 0.2) is 10.2 Å². The van der Waals surface area contributed by atoms with Crippen molar-refractivity contribution < 1.29 is 19.1 Å². The first-order valence-electron chi connectivity index (χ1n) is 14.2. The van der Waals surface area contributed by atoms with E-state index in [9.17, 15) is 9.59 Å². The third-order valence-electron chi connectivity index (χ3n) is 7.28. The maximum atomic E-state index is 14.1. The van der Waals surface area contributed by atoms with E-state index in [-0.39, 0.29) is 17.4 Å². The van der Waals surface area contributed by atoms with E-state index in [0.29, 0.717) is 50.2 Å². The molecule has 0 unspecified atom stereocenters. The van der Waals surface area contributed by atoms with Gasteiger partial charge in [-0.1, -0.05) is 38.0 Å². The Hall–Kier alpha value is -2.38. The van der Waals surface area contributed by atoms with Gasteiger partial charge in [-0.3, -0.25) is 19.4 Å². The Kier molecular flexibility index (Phi) is 9.84. The highest BCUT2D eigenvalue weighted by atomic mass is 32.1. The fourth-order valence-corrected chi connectivity index (χ4v) is 7.56. The smallest absolute Gasteiger partial charge is 0.266 e. The van der Waals surface area contributed by atoms with Crippen LogP contribution >= 0.6 is 34.9 Å². The summed E-state index contributed by atoms with van der Waals surface area (Å²) in [6.45, 7) is 11.0. The molecule has 0 spiro atoms. The second-order valence-electron chi connectivity index (χ2n) is 10.00. The van der Waals surface area contributed by atoms with Crippen molar-refractivity contribution in [3.63, 3.8) is 0 Å². The van der Waals surface area contributed by atoms with E-state index in [1.165, 1.54) is 11.3 Å². The van der Waals surface area contributed by atoms with Crippen LogP contribution in [0.3, 0.4) is 0 Å². The lowest BCUT2D eigenvalue weighted by molar-refractivity contribution is -0.133. The van der Waals surface area contributed by atoms with Crippen LogP contribution in [0.25, 0.3) is 5.57 Å². The molecule has 40 heavy (non-hydrogen) atoms. The molecule has 2 aromatic rings. The minimum absolute atomic E-state index is 0.188. The van der Waals surface area contributed by atoms with E-state index in [1.54, 1.807) is 21.1 Å². The van der Waals surface area contributed by atoms with E-state index in [1.807, 2.05) is 12.3 Å². The van der Waals surface area contributed by atoms with Crippen LogP contribution in [0, 0.1) is 0 Å². The number of thiocarbonyl (C=S) groups is 1. The highest BCUT2D eigenvalue weighted by molar-refractivity contribution is 7.80. The summed E-state index contributed by atoms with van der Waals surface area (Å²) in [7, 11) is 0. The zero-order valence-corrected chi connectivity index (χ0v) is 25.7. The zero-order chi connectivity index (χ0) is 28.1. The number of carbonyl (C=O) groups excluding carboxylic acids is 2. The molecule has 0 radical (unpaired) electrons. The van der Waals surface area contributed by atoms with Gasteiger partial charge >= 0.3 is 0 Å². The second-order valence-corrected chi connectivity index (χ2v) is 12.4. The van der Waals surface area contributed by atoms with Crippen molar-refractivity contribution in [1.29, 1.82) is 0 Å². The standard InChI is InChI=1S/C28H37N5O4S3/c1-3-5-9-32-25(34)24(26(35)33(28(32)38)10-6-4-2)23(20-7-8-22(39-20)30-11-15-36-16-12-30)21-19-29-27(40-21)31-13-17-37-18-14-31/h7-8,19H,3-6,9-18H2,1-2H3. The summed E-state index contributed by atoms with van der Waals surface area (Å²) in [6, 6.07) is 4.12. The minimum Gasteiger partial charge on any atom is -0.378 e. The average Bonchev–Trinajstić information content (AvgIpc) is 3.67. The Labute approximate surface area is 249 Å². The molecule has 3 fully saturated rings. The van der Waals surface area contributed by atoms with Crippen molar-refractivity contribution in [3.05, 3.63) is 33.7 Å². The quantitative estimate of drug-likeness (QED) is 0.227. The summed E-state index contributed by atoms with van der Waals surface area (Å²) in [5.41, 5.74) is 0.843. The maximum Gasteiger partial charge on any atom is 0.266 e. The lowest BCUT2D eigenvalue weighted by Crippen LogP contribution is -2.56. The second kappa shape index (κ2) is 13.5. The van der Waals surface area contributed by atoms with Gasteiger partial charge in [-0.2, -0.15) is 0 Å². The molecule has 3 aliphatic heterocycles. The Morgan fingerprint density at radius 2 is 1.43 bits per heavy atom. The summed E-state index contributed by atoms with van der Waals surface area (Å²) in [4.78, 5) is 42.5. The van der Waals surface area contributed by atoms with Gasteiger partial charge in [-0.15, -0.1) is 11.3 Å². The van der Waals surface area contributed by atoms with Gasteiger partial charge in [0.1, 0.15) is 5.57 Å². The summed E-state index contributed by atoms with van der Waals surface area (Å²) >= 11 is 8.86. The first kappa shape index (κ1) is 29.1. The van der Waals surface area contributed by atoms with Crippen molar-refractivity contribution in [2.45, 2.75) is 39.5 Å². The number of thiazole rings is 1. The molecule has 216 valence electrons. The van der Waals surface area contributed by atoms with Crippen molar-refractivity contribution in [2.24, 2.45) is 0 Å². The van der Waals surface area contributed by atoms with E-state index in [0.717, 1.165) is 71.7 Å². The molecule has 12 heteroatoms. The van der Waals surface area contributed by atoms with Crippen molar-refractivity contribution >= 4 is 67.5 Å². The molecular formula is C28H37N5O4S3. The molecule has 0 bridgehead atoms. The van der Waals surface area contributed by atoms with Crippen molar-refractivity contribution in [2.75, 3.05) is 75.5 Å². The SMILES string of the molecule is CCCCN1C(=O)C(=C(c2ccc(N3CCOCC3)s2)c2cnc(N3CCOCC3)s2)C(=O)N(CCCC)C1=S. The molecular weight excluding hydrogens is 567 g/mol. The first-order chi connectivity index (χ1) is 19.5. The molecule has 0 N–H and O–H groups in total. The minimum atomic E-state index is -0.311. The molecule has 0 aliphatic carbocycles. The van der Waals surface area contributed by atoms with E-state index in [2.05, 4.69) is 29.7 Å². The zero-order valence-electron chi connectivity index (χ0n) is 23.2. The van der Waals surface area contributed by atoms with E-state index >= 15 is 0 Å². The molecule has 0 atom stereocenters. The number of nitrogens with zero attached hydrogens (tertiary/aromatic N) is 5. The maximum absolute atomic E-state index is 14.1. The predicted octanol–water partition coefficient (Wildman–Crippen LogP) is 4.24. The molecule has 2 aromatic heterocycles. The summed E-state index contributed by atoms with van der Waals surface area (Å²) in [5.74, 6) is -0.623. The molecule has 9 nitrogen and oxygen atoms in total. The number of rotatable bonds is 10. The number of unbranched alkanes of at least 4 members (excludes halogenated alkanes) is 2. The van der Waals surface area contributed by atoms with Crippen LogP contribution in [0.1, 0.15) is 49.3 Å². The molecule has 3 aliphatic rings. The number of hydrogen-bond acceptors (Lipinski definition) is 10. The van der Waals surface area contributed by atoms with Crippen molar-refractivity contribution in [3.8, 4) is 0 Å². The largest absolute Gasteiger partial charge is 0.378 e. The number of thiophene rings is 1. The topological polar surface area (TPSA) is 78.5 Å². The van der Waals surface area contributed by atoms with Gasteiger partial charge in [0.2, 0.25) is 0 Å². The van der Waals surface area contributed by atoms with Crippen LogP contribution in [0.15, 0.2) is 23.9 Å². The fraction of sp³-hybridized carbons (Fsp3) is 0.571. The third-order valence-corrected chi connectivity index (χ3v) is 9.96. The van der Waals surface area contributed by atoms with Gasteiger partial charge in [-0.25, -0.2) is 4.98 Å². The normalized spacial score (nSPS) is 18.8. The fourth-order valence-electron chi connectivity index (χ4n) is 4.99. The Morgan fingerprint density at radius 1 is 0.850 bits per heavy atom. The highest BCUT2D eigenvalue weighted by Crippen LogP contribution is 2.41. The average molecular weight is 604 g/mol. The molecule has 3 saturated heterocycles. The Balaban J connectivity index is 1.62. The molecule has 0 saturated carbocycles. The summed E-state index contributed by atoms with van der Waals surface area (Å²) < 4.78 is 11.1. The van der Waals surface area contributed by atoms with Crippen LogP contribution < -0.4 is 9.80 Å². The predicted molar refractivity (Wildman–Crippen MR) is 164 cm³/mol. The Morgan fingerprint density at radius 3 is 2.00 bits per heavy atom. The van der Waals surface area contributed by atoms with Crippen LogP contribution in [-0.2, 0) is 19.1 Å². The number of anilines is 2. The third kappa shape index (κ3) is 6.11. The monoisotopic (exact) mass is 603 g/mol. The van der Waals surface area contributed by atoms with E-state index < -0.39 is 0 Å². The van der Waals surface area contributed by atoms with Crippen LogP contribution in [0.5, 0.6) is 0 Å². The van der Waals surface area contributed by atoms with Crippen LogP contribution in [0.4, 0.5) is 10.1 Å². The van der Waals surface area contributed by atoms with E-state index in [4.69, 9.17) is 26.7 Å².